The van der Waals surface area contributed by atoms with Crippen molar-refractivity contribution >= 4 is 28.9 Å². The van der Waals surface area contributed by atoms with E-state index in [1.54, 1.807) is 31.2 Å². The van der Waals surface area contributed by atoms with Gasteiger partial charge >= 0.3 is 5.97 Å². The van der Waals surface area contributed by atoms with Gasteiger partial charge in [-0.2, -0.15) is 0 Å². The molecule has 0 unspecified atom stereocenters. The summed E-state index contributed by atoms with van der Waals surface area (Å²) < 4.78 is 10.4. The zero-order valence-electron chi connectivity index (χ0n) is 16.1. The lowest BCUT2D eigenvalue weighted by molar-refractivity contribution is -0.118. The first-order chi connectivity index (χ1) is 14.1. The number of amides is 1. The maximum atomic E-state index is 12.1. The van der Waals surface area contributed by atoms with Crippen LogP contribution in [0.2, 0.25) is 0 Å². The van der Waals surface area contributed by atoms with Crippen molar-refractivity contribution in [1.82, 2.24) is 0 Å². The highest BCUT2D eigenvalue weighted by atomic mass is 16.5. The Kier molecular flexibility index (Phi) is 6.84. The molecule has 0 fully saturated rings. The third-order valence-electron chi connectivity index (χ3n) is 3.95. The fraction of sp³-hybridized carbons (Fsp3) is 0.130. The van der Waals surface area contributed by atoms with Crippen LogP contribution in [0.15, 0.2) is 78.9 Å². The van der Waals surface area contributed by atoms with Crippen LogP contribution in [-0.4, -0.2) is 25.1 Å². The standard InChI is InChI=1S/C23H22N2O4/c1-2-28-23(27)17-7-6-10-21(15-17)29-16-22(26)25-20-13-11-19(12-14-20)24-18-8-4-3-5-9-18/h3-15,24H,2,16H2,1H3,(H,25,26). The molecule has 0 saturated carbocycles. The molecule has 0 aliphatic heterocycles. The van der Waals surface area contributed by atoms with E-state index in [-0.39, 0.29) is 12.5 Å². The van der Waals surface area contributed by atoms with Crippen molar-refractivity contribution < 1.29 is 19.1 Å². The monoisotopic (exact) mass is 390 g/mol. The van der Waals surface area contributed by atoms with E-state index < -0.39 is 5.97 Å². The van der Waals surface area contributed by atoms with Crippen LogP contribution in [0, 0.1) is 0 Å². The van der Waals surface area contributed by atoms with Gasteiger partial charge in [0, 0.05) is 17.1 Å². The van der Waals surface area contributed by atoms with Gasteiger partial charge in [0.2, 0.25) is 0 Å². The van der Waals surface area contributed by atoms with E-state index in [1.807, 2.05) is 54.6 Å². The second-order valence-corrected chi connectivity index (χ2v) is 6.15. The van der Waals surface area contributed by atoms with Crippen molar-refractivity contribution in [3.8, 4) is 5.75 Å². The third-order valence-corrected chi connectivity index (χ3v) is 3.95. The van der Waals surface area contributed by atoms with Gasteiger partial charge in [-0.1, -0.05) is 24.3 Å². The summed E-state index contributed by atoms with van der Waals surface area (Å²) in [6.45, 7) is 1.87. The lowest BCUT2D eigenvalue weighted by Crippen LogP contribution is -2.20. The summed E-state index contributed by atoms with van der Waals surface area (Å²) in [5.41, 5.74) is 2.95. The molecule has 3 rings (SSSR count). The molecule has 3 aromatic carbocycles. The molecule has 0 aromatic heterocycles. The van der Waals surface area contributed by atoms with Crippen LogP contribution < -0.4 is 15.4 Å². The molecule has 3 aromatic rings. The number of esters is 1. The minimum Gasteiger partial charge on any atom is -0.484 e. The van der Waals surface area contributed by atoms with Gasteiger partial charge < -0.3 is 20.1 Å². The molecule has 0 heterocycles. The Bertz CT molecular complexity index is 956. The fourth-order valence-electron chi connectivity index (χ4n) is 2.60. The van der Waals surface area contributed by atoms with E-state index in [1.165, 1.54) is 0 Å². The number of hydrogen-bond acceptors (Lipinski definition) is 5. The van der Waals surface area contributed by atoms with E-state index in [2.05, 4.69) is 10.6 Å². The van der Waals surface area contributed by atoms with Gasteiger partial charge in [-0.05, 0) is 61.5 Å². The lowest BCUT2D eigenvalue weighted by atomic mass is 10.2. The van der Waals surface area contributed by atoms with Gasteiger partial charge in [0.25, 0.3) is 5.91 Å². The van der Waals surface area contributed by atoms with Crippen LogP contribution in [0.4, 0.5) is 17.1 Å². The van der Waals surface area contributed by atoms with Crippen molar-refractivity contribution in [3.05, 3.63) is 84.4 Å². The van der Waals surface area contributed by atoms with Crippen LogP contribution >= 0.6 is 0 Å². The number of carbonyl (C=O) groups is 2. The predicted octanol–water partition coefficient (Wildman–Crippen LogP) is 4.62. The van der Waals surface area contributed by atoms with Crippen LogP contribution in [0.5, 0.6) is 5.75 Å². The zero-order valence-corrected chi connectivity index (χ0v) is 16.1. The number of para-hydroxylation sites is 1. The molecule has 0 radical (unpaired) electrons. The average Bonchev–Trinajstić information content (AvgIpc) is 2.75. The van der Waals surface area contributed by atoms with Crippen molar-refractivity contribution in [2.45, 2.75) is 6.92 Å². The summed E-state index contributed by atoms with van der Waals surface area (Å²) >= 11 is 0. The maximum Gasteiger partial charge on any atom is 0.338 e. The van der Waals surface area contributed by atoms with Crippen molar-refractivity contribution in [1.29, 1.82) is 0 Å². The number of hydrogen-bond donors (Lipinski definition) is 2. The zero-order chi connectivity index (χ0) is 20.5. The van der Waals surface area contributed by atoms with Gasteiger partial charge in [0.15, 0.2) is 6.61 Å². The highest BCUT2D eigenvalue weighted by Gasteiger charge is 2.09. The Labute approximate surface area is 169 Å². The topological polar surface area (TPSA) is 76.7 Å². The smallest absolute Gasteiger partial charge is 0.338 e. The molecule has 148 valence electrons. The first kappa shape index (κ1) is 19.9. The van der Waals surface area contributed by atoms with Crippen LogP contribution in [-0.2, 0) is 9.53 Å². The first-order valence-corrected chi connectivity index (χ1v) is 9.26. The number of rotatable bonds is 8. The van der Waals surface area contributed by atoms with Crippen LogP contribution in [0.3, 0.4) is 0 Å². The highest BCUT2D eigenvalue weighted by molar-refractivity contribution is 5.92. The predicted molar refractivity (Wildman–Crippen MR) is 113 cm³/mol. The molecule has 29 heavy (non-hydrogen) atoms. The summed E-state index contributed by atoms with van der Waals surface area (Å²) in [7, 11) is 0. The number of carbonyl (C=O) groups excluding carboxylic acids is 2. The third kappa shape index (κ3) is 6.10. The Morgan fingerprint density at radius 3 is 2.24 bits per heavy atom. The minimum absolute atomic E-state index is 0.170. The number of benzene rings is 3. The molecular formula is C23H22N2O4. The van der Waals surface area contributed by atoms with E-state index in [0.717, 1.165) is 11.4 Å². The summed E-state index contributed by atoms with van der Waals surface area (Å²) in [4.78, 5) is 23.9. The molecule has 0 spiro atoms. The van der Waals surface area contributed by atoms with Crippen LogP contribution in [0.1, 0.15) is 17.3 Å². The molecule has 0 bridgehead atoms. The van der Waals surface area contributed by atoms with Crippen molar-refractivity contribution in [3.63, 3.8) is 0 Å². The number of anilines is 3. The van der Waals surface area contributed by atoms with Gasteiger partial charge in [0.1, 0.15) is 5.75 Å². The largest absolute Gasteiger partial charge is 0.484 e. The molecule has 6 nitrogen and oxygen atoms in total. The molecule has 0 aliphatic carbocycles. The quantitative estimate of drug-likeness (QED) is 0.549. The van der Waals surface area contributed by atoms with Gasteiger partial charge in [-0.25, -0.2) is 4.79 Å². The molecule has 6 heteroatoms. The van der Waals surface area contributed by atoms with E-state index >= 15 is 0 Å². The fourth-order valence-corrected chi connectivity index (χ4v) is 2.60. The molecule has 0 saturated heterocycles. The number of ether oxygens (including phenoxy) is 2. The maximum absolute atomic E-state index is 12.1. The van der Waals surface area contributed by atoms with E-state index in [0.29, 0.717) is 23.6 Å². The molecule has 1 amide bonds. The summed E-state index contributed by atoms with van der Waals surface area (Å²) in [6, 6.07) is 23.8. The molecular weight excluding hydrogens is 368 g/mol. The van der Waals surface area contributed by atoms with Gasteiger partial charge in [0.05, 0.1) is 12.2 Å². The highest BCUT2D eigenvalue weighted by Crippen LogP contribution is 2.19. The Hall–Kier alpha value is -3.80. The van der Waals surface area contributed by atoms with Crippen molar-refractivity contribution in [2.24, 2.45) is 0 Å². The second kappa shape index (κ2) is 9.94. The van der Waals surface area contributed by atoms with E-state index in [9.17, 15) is 9.59 Å². The summed E-state index contributed by atoms with van der Waals surface area (Å²) in [5, 5.41) is 6.06. The Morgan fingerprint density at radius 1 is 0.828 bits per heavy atom. The van der Waals surface area contributed by atoms with Crippen LogP contribution in [0.25, 0.3) is 0 Å². The minimum atomic E-state index is -0.424. The van der Waals surface area contributed by atoms with Crippen molar-refractivity contribution in [2.75, 3.05) is 23.8 Å². The van der Waals surface area contributed by atoms with Gasteiger partial charge in [-0.3, -0.25) is 4.79 Å². The number of nitrogens with one attached hydrogen (secondary N) is 2. The molecule has 0 atom stereocenters. The average molecular weight is 390 g/mol. The first-order valence-electron chi connectivity index (χ1n) is 9.26. The van der Waals surface area contributed by atoms with E-state index in [4.69, 9.17) is 9.47 Å². The second-order valence-electron chi connectivity index (χ2n) is 6.15. The Morgan fingerprint density at radius 2 is 1.52 bits per heavy atom. The summed E-state index contributed by atoms with van der Waals surface area (Å²) in [6.07, 6.45) is 0. The van der Waals surface area contributed by atoms with Gasteiger partial charge in [-0.15, -0.1) is 0 Å². The lowest BCUT2D eigenvalue weighted by Gasteiger charge is -2.10. The Balaban J connectivity index is 1.51. The summed E-state index contributed by atoms with van der Waals surface area (Å²) in [5.74, 6) is -0.296. The normalized spacial score (nSPS) is 10.1. The molecule has 2 N–H and O–H groups in total. The SMILES string of the molecule is CCOC(=O)c1cccc(OCC(=O)Nc2ccc(Nc3ccccc3)cc2)c1. The molecule has 0 aliphatic rings.